The molecule has 0 aliphatic heterocycles. The highest BCUT2D eigenvalue weighted by molar-refractivity contribution is 5.71. The fourth-order valence-corrected chi connectivity index (χ4v) is 9.06. The van der Waals surface area contributed by atoms with E-state index >= 15 is 0 Å². The third-order valence-electron chi connectivity index (χ3n) is 13.8. The van der Waals surface area contributed by atoms with Crippen LogP contribution in [0.2, 0.25) is 0 Å². The highest BCUT2D eigenvalue weighted by atomic mass is 16.6. The van der Waals surface area contributed by atoms with Crippen LogP contribution >= 0.6 is 0 Å². The Labute approximate surface area is 447 Å². The molecule has 0 aromatic rings. The molecular formula is C66H118O6. The van der Waals surface area contributed by atoms with Gasteiger partial charge < -0.3 is 14.2 Å². The predicted molar refractivity (Wildman–Crippen MR) is 312 cm³/mol. The average Bonchev–Trinajstić information content (AvgIpc) is 3.38. The summed E-state index contributed by atoms with van der Waals surface area (Å²) in [5.41, 5.74) is 0. The molecule has 6 nitrogen and oxygen atoms in total. The van der Waals surface area contributed by atoms with Crippen LogP contribution in [0.3, 0.4) is 0 Å². The minimum atomic E-state index is -0.781. The van der Waals surface area contributed by atoms with Crippen molar-refractivity contribution in [3.05, 3.63) is 60.8 Å². The molecule has 0 aliphatic carbocycles. The smallest absolute Gasteiger partial charge is 0.306 e. The number of carbonyl (C=O) groups is 3. The number of carbonyl (C=O) groups excluding carboxylic acids is 3. The van der Waals surface area contributed by atoms with Crippen LogP contribution in [-0.2, 0) is 28.6 Å². The van der Waals surface area contributed by atoms with E-state index in [1.54, 1.807) is 0 Å². The first-order valence-electron chi connectivity index (χ1n) is 31.3. The van der Waals surface area contributed by atoms with Crippen LogP contribution in [0.25, 0.3) is 0 Å². The Bertz CT molecular complexity index is 1290. The molecule has 0 heterocycles. The molecule has 0 aromatic carbocycles. The lowest BCUT2D eigenvalue weighted by atomic mass is 10.0. The van der Waals surface area contributed by atoms with E-state index in [4.69, 9.17) is 14.2 Å². The quantitative estimate of drug-likeness (QED) is 0.0261. The fraction of sp³-hybridized carbons (Fsp3) is 0.803. The molecule has 0 rings (SSSR count). The average molecular weight is 1010 g/mol. The van der Waals surface area contributed by atoms with Crippen LogP contribution in [-0.4, -0.2) is 37.2 Å². The van der Waals surface area contributed by atoms with E-state index in [1.807, 2.05) is 0 Å². The van der Waals surface area contributed by atoms with Gasteiger partial charge in [-0.15, -0.1) is 0 Å². The minimum Gasteiger partial charge on any atom is -0.462 e. The summed E-state index contributed by atoms with van der Waals surface area (Å²) < 4.78 is 16.9. The molecule has 418 valence electrons. The molecule has 0 aliphatic rings. The molecule has 0 radical (unpaired) electrons. The van der Waals surface area contributed by atoms with Crippen LogP contribution in [0.5, 0.6) is 0 Å². The Balaban J connectivity index is 4.27. The van der Waals surface area contributed by atoms with E-state index in [-0.39, 0.29) is 31.1 Å². The van der Waals surface area contributed by atoms with E-state index in [2.05, 4.69) is 81.5 Å². The largest absolute Gasteiger partial charge is 0.462 e. The Morgan fingerprint density at radius 3 is 0.903 bits per heavy atom. The zero-order valence-electron chi connectivity index (χ0n) is 47.9. The van der Waals surface area contributed by atoms with Gasteiger partial charge in [-0.05, 0) is 77.0 Å². The van der Waals surface area contributed by atoms with Crippen LogP contribution in [0.4, 0.5) is 0 Å². The zero-order valence-corrected chi connectivity index (χ0v) is 47.9. The summed E-state index contributed by atoms with van der Waals surface area (Å²) in [6, 6.07) is 0. The van der Waals surface area contributed by atoms with Crippen molar-refractivity contribution in [2.24, 2.45) is 0 Å². The highest BCUT2D eigenvalue weighted by Gasteiger charge is 2.19. The molecule has 0 saturated carbocycles. The molecule has 0 bridgehead atoms. The Hall–Kier alpha value is -2.89. The van der Waals surface area contributed by atoms with Crippen molar-refractivity contribution in [3.8, 4) is 0 Å². The van der Waals surface area contributed by atoms with Gasteiger partial charge in [-0.3, -0.25) is 14.4 Å². The maximum atomic E-state index is 12.9. The van der Waals surface area contributed by atoms with Gasteiger partial charge in [0.1, 0.15) is 13.2 Å². The first kappa shape index (κ1) is 69.1. The molecule has 0 N–H and O–H groups in total. The molecule has 0 spiro atoms. The van der Waals surface area contributed by atoms with Crippen molar-refractivity contribution < 1.29 is 28.6 Å². The van der Waals surface area contributed by atoms with Gasteiger partial charge in [-0.2, -0.15) is 0 Å². The topological polar surface area (TPSA) is 78.9 Å². The standard InChI is InChI=1S/C66H118O6/c1-4-7-10-13-16-19-22-24-26-28-30-32-34-35-37-39-41-44-47-50-53-56-59-65(68)71-62-63(61-70-64(67)58-55-52-49-46-43-21-18-15-12-9-6-3)72-66(69)60-57-54-51-48-45-42-40-38-36-33-31-29-27-25-23-20-17-14-11-8-5-2/h8,11,15,17-18,20,25,27,31,33,63H,4-7,9-10,12-14,16,19,21-24,26,28-30,32,34-62H2,1-3H3/b11-8-,18-15-,20-17-,27-25-,33-31-. The maximum Gasteiger partial charge on any atom is 0.306 e. The van der Waals surface area contributed by atoms with Crippen molar-refractivity contribution in [2.45, 2.75) is 329 Å². The minimum absolute atomic E-state index is 0.0770. The molecule has 0 amide bonds. The molecule has 72 heavy (non-hydrogen) atoms. The van der Waals surface area contributed by atoms with Crippen molar-refractivity contribution >= 4 is 17.9 Å². The van der Waals surface area contributed by atoms with E-state index in [0.717, 1.165) is 96.3 Å². The molecular weight excluding hydrogens is 889 g/mol. The van der Waals surface area contributed by atoms with Crippen LogP contribution in [0.1, 0.15) is 323 Å². The summed E-state index contributed by atoms with van der Waals surface area (Å²) >= 11 is 0. The monoisotopic (exact) mass is 1010 g/mol. The summed E-state index contributed by atoms with van der Waals surface area (Å²) in [5.74, 6) is -0.879. The zero-order chi connectivity index (χ0) is 52.2. The second-order valence-corrected chi connectivity index (χ2v) is 20.9. The molecule has 0 saturated heterocycles. The summed E-state index contributed by atoms with van der Waals surface area (Å²) in [6.45, 7) is 6.52. The van der Waals surface area contributed by atoms with Gasteiger partial charge in [0.2, 0.25) is 0 Å². The number of ether oxygens (including phenoxy) is 3. The number of hydrogen-bond acceptors (Lipinski definition) is 6. The van der Waals surface area contributed by atoms with Crippen molar-refractivity contribution in [1.29, 1.82) is 0 Å². The second-order valence-electron chi connectivity index (χ2n) is 20.9. The highest BCUT2D eigenvalue weighted by Crippen LogP contribution is 2.17. The van der Waals surface area contributed by atoms with Crippen molar-refractivity contribution in [3.63, 3.8) is 0 Å². The van der Waals surface area contributed by atoms with Crippen LogP contribution < -0.4 is 0 Å². The van der Waals surface area contributed by atoms with Crippen molar-refractivity contribution in [2.75, 3.05) is 13.2 Å². The molecule has 0 fully saturated rings. The lowest BCUT2D eigenvalue weighted by Gasteiger charge is -2.18. The second kappa shape index (κ2) is 60.7. The summed E-state index contributed by atoms with van der Waals surface area (Å²) in [7, 11) is 0. The normalized spacial score (nSPS) is 12.4. The summed E-state index contributed by atoms with van der Waals surface area (Å²) in [6.07, 6.45) is 76.6. The van der Waals surface area contributed by atoms with E-state index < -0.39 is 6.10 Å². The lowest BCUT2D eigenvalue weighted by molar-refractivity contribution is -0.167. The van der Waals surface area contributed by atoms with E-state index in [9.17, 15) is 14.4 Å². The first-order valence-corrected chi connectivity index (χ1v) is 31.3. The van der Waals surface area contributed by atoms with Crippen molar-refractivity contribution in [1.82, 2.24) is 0 Å². The van der Waals surface area contributed by atoms with Gasteiger partial charge in [0.05, 0.1) is 0 Å². The molecule has 0 aromatic heterocycles. The van der Waals surface area contributed by atoms with Gasteiger partial charge in [-0.25, -0.2) is 0 Å². The van der Waals surface area contributed by atoms with Crippen LogP contribution in [0.15, 0.2) is 60.8 Å². The fourth-order valence-electron chi connectivity index (χ4n) is 9.06. The maximum absolute atomic E-state index is 12.9. The summed E-state index contributed by atoms with van der Waals surface area (Å²) in [5, 5.41) is 0. The number of allylic oxidation sites excluding steroid dienone is 10. The number of esters is 3. The number of unbranched alkanes of at least 4 members (excludes halogenated alkanes) is 36. The molecule has 6 heteroatoms. The van der Waals surface area contributed by atoms with E-state index in [1.165, 1.54) is 186 Å². The number of hydrogen-bond donors (Lipinski definition) is 0. The molecule has 1 unspecified atom stereocenters. The lowest BCUT2D eigenvalue weighted by Crippen LogP contribution is -2.30. The first-order chi connectivity index (χ1) is 35.5. The number of rotatable bonds is 57. The predicted octanol–water partition coefficient (Wildman–Crippen LogP) is 21.2. The van der Waals surface area contributed by atoms with Gasteiger partial charge in [0, 0.05) is 19.3 Å². The van der Waals surface area contributed by atoms with Gasteiger partial charge >= 0.3 is 17.9 Å². The Morgan fingerprint density at radius 2 is 0.556 bits per heavy atom. The van der Waals surface area contributed by atoms with Gasteiger partial charge in [0.25, 0.3) is 0 Å². The SMILES string of the molecule is CC/C=C\C/C=C\C/C=C\C/C=C\CCCCCCCCCCC(=O)OC(COC(=O)CCCCCCC/C=C\CCCC)COC(=O)CCCCCCCCCCCCCCCCCCCCCCCC. The van der Waals surface area contributed by atoms with Crippen LogP contribution in [0, 0.1) is 0 Å². The van der Waals surface area contributed by atoms with Gasteiger partial charge in [0.15, 0.2) is 6.10 Å². The van der Waals surface area contributed by atoms with E-state index in [0.29, 0.717) is 19.3 Å². The Kier molecular flexibility index (Phi) is 58.2. The van der Waals surface area contributed by atoms with Gasteiger partial charge in [-0.1, -0.05) is 287 Å². The third kappa shape index (κ3) is 58.0. The third-order valence-corrected chi connectivity index (χ3v) is 13.8. The summed E-state index contributed by atoms with van der Waals surface area (Å²) in [4.78, 5) is 38.2. The Morgan fingerprint density at radius 1 is 0.292 bits per heavy atom. The molecule has 1 atom stereocenters.